The molecule has 0 spiro atoms. The SMILES string of the molecule is CNC1CCN(Cc2cnc(SC)s2)CC1. The van der Waals surface area contributed by atoms with Gasteiger partial charge < -0.3 is 5.32 Å². The Hall–Kier alpha value is -0.100. The van der Waals surface area contributed by atoms with Gasteiger partial charge in [0, 0.05) is 23.7 Å². The minimum Gasteiger partial charge on any atom is -0.317 e. The Morgan fingerprint density at radius 3 is 2.88 bits per heavy atom. The zero-order valence-electron chi connectivity index (χ0n) is 9.90. The first-order chi connectivity index (χ1) is 7.81. The molecule has 1 N–H and O–H groups in total. The van der Waals surface area contributed by atoms with Gasteiger partial charge in [-0.05, 0) is 39.2 Å². The number of piperidine rings is 1. The molecule has 0 saturated carbocycles. The maximum atomic E-state index is 4.37. The van der Waals surface area contributed by atoms with E-state index in [1.807, 2.05) is 17.5 Å². The van der Waals surface area contributed by atoms with E-state index in [2.05, 4.69) is 28.5 Å². The fourth-order valence-electron chi connectivity index (χ4n) is 2.06. The van der Waals surface area contributed by atoms with Gasteiger partial charge in [-0.15, -0.1) is 11.3 Å². The van der Waals surface area contributed by atoms with Crippen molar-refractivity contribution in [2.24, 2.45) is 0 Å². The van der Waals surface area contributed by atoms with E-state index in [1.165, 1.54) is 35.1 Å². The van der Waals surface area contributed by atoms with Gasteiger partial charge in [0.05, 0.1) is 0 Å². The van der Waals surface area contributed by atoms with Gasteiger partial charge in [-0.3, -0.25) is 4.90 Å². The lowest BCUT2D eigenvalue weighted by molar-refractivity contribution is 0.196. The predicted octanol–water partition coefficient (Wildman–Crippen LogP) is 2.05. The van der Waals surface area contributed by atoms with Crippen LogP contribution >= 0.6 is 23.1 Å². The highest BCUT2D eigenvalue weighted by Gasteiger charge is 2.18. The fourth-order valence-corrected chi connectivity index (χ4v) is 3.55. The molecule has 3 nitrogen and oxygen atoms in total. The van der Waals surface area contributed by atoms with Gasteiger partial charge in [-0.2, -0.15) is 0 Å². The first-order valence-electron chi connectivity index (χ1n) is 5.70. The molecule has 1 saturated heterocycles. The number of rotatable bonds is 4. The zero-order chi connectivity index (χ0) is 11.4. The van der Waals surface area contributed by atoms with E-state index in [9.17, 15) is 0 Å². The Kier molecular flexibility index (Phi) is 4.64. The summed E-state index contributed by atoms with van der Waals surface area (Å²) in [6.45, 7) is 3.49. The van der Waals surface area contributed by atoms with Crippen LogP contribution in [0.5, 0.6) is 0 Å². The summed E-state index contributed by atoms with van der Waals surface area (Å²) in [7, 11) is 2.06. The summed E-state index contributed by atoms with van der Waals surface area (Å²) in [6, 6.07) is 0.722. The minimum atomic E-state index is 0.722. The van der Waals surface area contributed by atoms with E-state index in [0.717, 1.165) is 12.6 Å². The molecule has 1 fully saturated rings. The molecule has 0 bridgehead atoms. The Morgan fingerprint density at radius 1 is 1.56 bits per heavy atom. The first kappa shape index (κ1) is 12.4. The first-order valence-corrected chi connectivity index (χ1v) is 7.74. The Morgan fingerprint density at radius 2 is 2.31 bits per heavy atom. The van der Waals surface area contributed by atoms with Gasteiger partial charge in [0.1, 0.15) is 4.34 Å². The molecule has 16 heavy (non-hydrogen) atoms. The predicted molar refractivity (Wildman–Crippen MR) is 71.3 cm³/mol. The molecule has 1 aliphatic rings. The topological polar surface area (TPSA) is 28.2 Å². The van der Waals surface area contributed by atoms with Crippen LogP contribution in [0.4, 0.5) is 0 Å². The zero-order valence-corrected chi connectivity index (χ0v) is 11.5. The lowest BCUT2D eigenvalue weighted by Gasteiger charge is -2.31. The molecule has 0 aliphatic carbocycles. The van der Waals surface area contributed by atoms with Gasteiger partial charge in [0.15, 0.2) is 0 Å². The molecule has 1 aliphatic heterocycles. The van der Waals surface area contributed by atoms with Crippen LogP contribution in [0, 0.1) is 0 Å². The molecule has 2 heterocycles. The number of aromatic nitrogens is 1. The third-order valence-electron chi connectivity index (χ3n) is 3.08. The highest BCUT2D eigenvalue weighted by molar-refractivity contribution is 8.00. The van der Waals surface area contributed by atoms with Crippen molar-refractivity contribution in [3.05, 3.63) is 11.1 Å². The molecule has 0 atom stereocenters. The number of nitrogens with zero attached hydrogens (tertiary/aromatic N) is 2. The van der Waals surface area contributed by atoms with Crippen LogP contribution in [0.2, 0.25) is 0 Å². The Labute approximate surface area is 106 Å². The maximum absolute atomic E-state index is 4.37. The Balaban J connectivity index is 1.82. The molecule has 0 amide bonds. The third kappa shape index (κ3) is 3.20. The van der Waals surface area contributed by atoms with Crippen molar-refractivity contribution in [1.29, 1.82) is 0 Å². The summed E-state index contributed by atoms with van der Waals surface area (Å²) in [6.07, 6.45) is 6.65. The largest absolute Gasteiger partial charge is 0.317 e. The molecule has 5 heteroatoms. The summed E-state index contributed by atoms with van der Waals surface area (Å²) in [5, 5.41) is 3.36. The van der Waals surface area contributed by atoms with Crippen LogP contribution in [0.25, 0.3) is 0 Å². The highest BCUT2D eigenvalue weighted by Crippen LogP contribution is 2.23. The fraction of sp³-hybridized carbons (Fsp3) is 0.727. The molecule has 0 radical (unpaired) electrons. The number of thiazole rings is 1. The van der Waals surface area contributed by atoms with Crippen molar-refractivity contribution in [1.82, 2.24) is 15.2 Å². The van der Waals surface area contributed by atoms with E-state index in [1.54, 1.807) is 11.8 Å². The average Bonchev–Trinajstić information content (AvgIpc) is 2.78. The van der Waals surface area contributed by atoms with Gasteiger partial charge in [-0.1, -0.05) is 11.8 Å². The molecule has 0 aromatic carbocycles. The van der Waals surface area contributed by atoms with Crippen LogP contribution in [0.3, 0.4) is 0 Å². The monoisotopic (exact) mass is 257 g/mol. The second kappa shape index (κ2) is 6.00. The van der Waals surface area contributed by atoms with Crippen molar-refractivity contribution < 1.29 is 0 Å². The van der Waals surface area contributed by atoms with E-state index in [-0.39, 0.29) is 0 Å². The number of thioether (sulfide) groups is 1. The molecule has 1 aromatic heterocycles. The van der Waals surface area contributed by atoms with Crippen LogP contribution in [0.15, 0.2) is 10.5 Å². The molecule has 1 aromatic rings. The van der Waals surface area contributed by atoms with Crippen molar-refractivity contribution in [2.45, 2.75) is 29.8 Å². The van der Waals surface area contributed by atoms with E-state index in [4.69, 9.17) is 0 Å². The summed E-state index contributed by atoms with van der Waals surface area (Å²) >= 11 is 3.56. The van der Waals surface area contributed by atoms with Crippen LogP contribution in [0.1, 0.15) is 17.7 Å². The lowest BCUT2D eigenvalue weighted by atomic mass is 10.1. The van der Waals surface area contributed by atoms with Gasteiger partial charge in [-0.25, -0.2) is 4.98 Å². The lowest BCUT2D eigenvalue weighted by Crippen LogP contribution is -2.40. The second-order valence-electron chi connectivity index (χ2n) is 4.14. The summed E-state index contributed by atoms with van der Waals surface area (Å²) in [5.41, 5.74) is 0. The number of nitrogens with one attached hydrogen (secondary N) is 1. The van der Waals surface area contributed by atoms with Crippen LogP contribution in [-0.4, -0.2) is 42.3 Å². The maximum Gasteiger partial charge on any atom is 0.149 e. The quantitative estimate of drug-likeness (QED) is 0.836. The number of hydrogen-bond donors (Lipinski definition) is 1. The van der Waals surface area contributed by atoms with E-state index < -0.39 is 0 Å². The second-order valence-corrected chi connectivity index (χ2v) is 6.30. The highest BCUT2D eigenvalue weighted by atomic mass is 32.2. The Bertz CT molecular complexity index is 319. The normalized spacial score (nSPS) is 19.1. The third-order valence-corrected chi connectivity index (χ3v) is 5.06. The molecular weight excluding hydrogens is 238 g/mol. The van der Waals surface area contributed by atoms with Crippen molar-refractivity contribution in [3.8, 4) is 0 Å². The molecule has 0 unspecified atom stereocenters. The van der Waals surface area contributed by atoms with Crippen molar-refractivity contribution >= 4 is 23.1 Å². The van der Waals surface area contributed by atoms with Gasteiger partial charge >= 0.3 is 0 Å². The van der Waals surface area contributed by atoms with Crippen molar-refractivity contribution in [2.75, 3.05) is 26.4 Å². The average molecular weight is 257 g/mol. The molecule has 90 valence electrons. The number of hydrogen-bond acceptors (Lipinski definition) is 5. The van der Waals surface area contributed by atoms with Gasteiger partial charge in [0.25, 0.3) is 0 Å². The summed E-state index contributed by atoms with van der Waals surface area (Å²) in [5.74, 6) is 0. The van der Waals surface area contributed by atoms with E-state index in [0.29, 0.717) is 0 Å². The smallest absolute Gasteiger partial charge is 0.149 e. The number of likely N-dealkylation sites (tertiary alicyclic amines) is 1. The van der Waals surface area contributed by atoms with Crippen LogP contribution in [-0.2, 0) is 6.54 Å². The van der Waals surface area contributed by atoms with Gasteiger partial charge in [0.2, 0.25) is 0 Å². The van der Waals surface area contributed by atoms with E-state index >= 15 is 0 Å². The van der Waals surface area contributed by atoms with Crippen LogP contribution < -0.4 is 5.32 Å². The molecule has 2 rings (SSSR count). The summed E-state index contributed by atoms with van der Waals surface area (Å²) in [4.78, 5) is 8.30. The minimum absolute atomic E-state index is 0.722. The van der Waals surface area contributed by atoms with Crippen molar-refractivity contribution in [3.63, 3.8) is 0 Å². The molecular formula is C11H19N3S2. The summed E-state index contributed by atoms with van der Waals surface area (Å²) < 4.78 is 1.18. The standard InChI is InChI=1S/C11H19N3S2/c1-12-9-3-5-14(6-4-9)8-10-7-13-11(15-2)16-10/h7,9,12H,3-6,8H2,1-2H3.